The summed E-state index contributed by atoms with van der Waals surface area (Å²) in [6, 6.07) is 7.52. The first-order valence-electron chi connectivity index (χ1n) is 9.33. The number of carbonyl (C=O) groups excluding carboxylic acids is 2. The van der Waals surface area contributed by atoms with Gasteiger partial charge in [0.15, 0.2) is 18.1 Å². The molecule has 0 amide bonds. The number of rotatable bonds is 6. The van der Waals surface area contributed by atoms with Crippen molar-refractivity contribution in [3.8, 4) is 11.5 Å². The van der Waals surface area contributed by atoms with E-state index in [0.29, 0.717) is 30.3 Å². The van der Waals surface area contributed by atoms with Gasteiger partial charge in [0.2, 0.25) is 5.78 Å². The SMILES string of the molecule is Cc1cc(C(=O)COC(=O)/C=C/c2ccc3c(c2)OCCO3)c(C)n1C(C)C. The summed E-state index contributed by atoms with van der Waals surface area (Å²) in [4.78, 5) is 24.4. The Kier molecular flexibility index (Phi) is 5.87. The normalized spacial score (nSPS) is 13.2. The van der Waals surface area contributed by atoms with Crippen molar-refractivity contribution in [3.05, 3.63) is 52.9 Å². The van der Waals surface area contributed by atoms with E-state index in [1.165, 1.54) is 6.08 Å². The predicted octanol–water partition coefficient (Wildman–Crippen LogP) is 3.90. The largest absolute Gasteiger partial charge is 0.486 e. The minimum atomic E-state index is -0.569. The van der Waals surface area contributed by atoms with Crippen LogP contribution < -0.4 is 9.47 Å². The minimum absolute atomic E-state index is 0.207. The number of ketones is 1. The number of aromatic nitrogens is 1. The highest BCUT2D eigenvalue weighted by molar-refractivity contribution is 6.00. The quantitative estimate of drug-likeness (QED) is 0.430. The standard InChI is InChI=1S/C22H25NO5/c1-14(2)23-15(3)11-18(16(23)4)19(24)13-28-22(25)8-6-17-5-7-20-21(12-17)27-10-9-26-20/h5-8,11-12,14H,9-10,13H2,1-4H3/b8-6+. The Morgan fingerprint density at radius 1 is 1.14 bits per heavy atom. The Balaban J connectivity index is 1.59. The van der Waals surface area contributed by atoms with Gasteiger partial charge in [0.05, 0.1) is 0 Å². The lowest BCUT2D eigenvalue weighted by molar-refractivity contribution is -0.136. The molecule has 1 aliphatic heterocycles. The summed E-state index contributed by atoms with van der Waals surface area (Å²) >= 11 is 0. The average Bonchev–Trinajstić information content (AvgIpc) is 2.98. The van der Waals surface area contributed by atoms with Gasteiger partial charge in [-0.05, 0) is 57.5 Å². The van der Waals surface area contributed by atoms with E-state index >= 15 is 0 Å². The van der Waals surface area contributed by atoms with E-state index in [9.17, 15) is 9.59 Å². The highest BCUT2D eigenvalue weighted by Gasteiger charge is 2.18. The Hall–Kier alpha value is -3.02. The van der Waals surface area contributed by atoms with Crippen molar-refractivity contribution in [1.29, 1.82) is 0 Å². The first-order valence-corrected chi connectivity index (χ1v) is 9.33. The summed E-state index contributed by atoms with van der Waals surface area (Å²) < 4.78 is 18.2. The molecule has 0 bridgehead atoms. The van der Waals surface area contributed by atoms with Crippen LogP contribution in [0.3, 0.4) is 0 Å². The zero-order chi connectivity index (χ0) is 20.3. The van der Waals surface area contributed by atoms with Gasteiger partial charge in [-0.1, -0.05) is 6.07 Å². The molecule has 1 aromatic heterocycles. The number of ether oxygens (including phenoxy) is 3. The van der Waals surface area contributed by atoms with Crippen LogP contribution in [0.2, 0.25) is 0 Å². The van der Waals surface area contributed by atoms with Gasteiger partial charge >= 0.3 is 5.97 Å². The molecule has 0 saturated carbocycles. The molecule has 6 nitrogen and oxygen atoms in total. The van der Waals surface area contributed by atoms with Crippen LogP contribution in [-0.4, -0.2) is 36.1 Å². The summed E-state index contributed by atoms with van der Waals surface area (Å²) in [6.45, 7) is 8.75. The summed E-state index contributed by atoms with van der Waals surface area (Å²) in [5, 5.41) is 0. The Bertz CT molecular complexity index is 923. The van der Waals surface area contributed by atoms with Crippen molar-refractivity contribution in [2.24, 2.45) is 0 Å². The highest BCUT2D eigenvalue weighted by atomic mass is 16.6. The summed E-state index contributed by atoms with van der Waals surface area (Å²) in [7, 11) is 0. The van der Waals surface area contributed by atoms with Crippen molar-refractivity contribution in [3.63, 3.8) is 0 Å². The van der Waals surface area contributed by atoms with Crippen LogP contribution in [-0.2, 0) is 9.53 Å². The third-order valence-electron chi connectivity index (χ3n) is 4.62. The van der Waals surface area contributed by atoms with Gasteiger partial charge in [0, 0.05) is 29.1 Å². The molecule has 2 heterocycles. The first-order chi connectivity index (χ1) is 13.4. The number of esters is 1. The van der Waals surface area contributed by atoms with Gasteiger partial charge in [-0.15, -0.1) is 0 Å². The van der Waals surface area contributed by atoms with Crippen LogP contribution in [0.15, 0.2) is 30.3 Å². The van der Waals surface area contributed by atoms with Crippen molar-refractivity contribution < 1.29 is 23.8 Å². The van der Waals surface area contributed by atoms with E-state index < -0.39 is 5.97 Å². The third-order valence-corrected chi connectivity index (χ3v) is 4.62. The van der Waals surface area contributed by atoms with Gasteiger partial charge in [-0.3, -0.25) is 4.79 Å². The molecule has 0 N–H and O–H groups in total. The lowest BCUT2D eigenvalue weighted by Crippen LogP contribution is -2.15. The molecule has 6 heteroatoms. The minimum Gasteiger partial charge on any atom is -0.486 e. The number of aryl methyl sites for hydroxylation is 1. The van der Waals surface area contributed by atoms with Gasteiger partial charge in [-0.2, -0.15) is 0 Å². The number of nitrogens with zero attached hydrogens (tertiary/aromatic N) is 1. The van der Waals surface area contributed by atoms with Crippen molar-refractivity contribution in [2.75, 3.05) is 19.8 Å². The molecule has 0 atom stereocenters. The van der Waals surface area contributed by atoms with Crippen LogP contribution in [0.1, 0.15) is 47.2 Å². The third kappa shape index (κ3) is 4.27. The van der Waals surface area contributed by atoms with Gasteiger partial charge < -0.3 is 18.8 Å². The van der Waals surface area contributed by atoms with Crippen molar-refractivity contribution in [1.82, 2.24) is 4.57 Å². The number of Topliss-reactive ketones (excluding diaryl/α,β-unsaturated/α-hetero) is 1. The fraction of sp³-hybridized carbons (Fsp3) is 0.364. The molecular weight excluding hydrogens is 358 g/mol. The topological polar surface area (TPSA) is 66.8 Å². The molecule has 1 aliphatic rings. The fourth-order valence-electron chi connectivity index (χ4n) is 3.44. The summed E-state index contributed by atoms with van der Waals surface area (Å²) in [5.74, 6) is 0.565. The monoisotopic (exact) mass is 383 g/mol. The van der Waals surface area contributed by atoms with Crippen molar-refractivity contribution in [2.45, 2.75) is 33.7 Å². The number of fused-ring (bicyclic) bond motifs is 1. The maximum atomic E-state index is 12.4. The van der Waals surface area contributed by atoms with E-state index in [0.717, 1.165) is 17.0 Å². The van der Waals surface area contributed by atoms with E-state index in [1.54, 1.807) is 18.2 Å². The van der Waals surface area contributed by atoms with Crippen LogP contribution in [0.5, 0.6) is 11.5 Å². The number of benzene rings is 1. The lowest BCUT2D eigenvalue weighted by Gasteiger charge is -2.18. The molecule has 0 spiro atoms. The maximum absolute atomic E-state index is 12.4. The molecule has 0 aliphatic carbocycles. The molecule has 28 heavy (non-hydrogen) atoms. The second-order valence-corrected chi connectivity index (χ2v) is 7.02. The van der Waals surface area contributed by atoms with Crippen LogP contribution >= 0.6 is 0 Å². The zero-order valence-corrected chi connectivity index (χ0v) is 16.7. The van der Waals surface area contributed by atoms with E-state index in [1.807, 2.05) is 26.0 Å². The number of hydrogen-bond acceptors (Lipinski definition) is 5. The molecule has 148 valence electrons. The van der Waals surface area contributed by atoms with Gasteiger partial charge in [0.1, 0.15) is 13.2 Å². The predicted molar refractivity (Wildman–Crippen MR) is 106 cm³/mol. The summed E-state index contributed by atoms with van der Waals surface area (Å²) in [5.41, 5.74) is 3.28. The maximum Gasteiger partial charge on any atom is 0.331 e. The van der Waals surface area contributed by atoms with Gasteiger partial charge in [-0.25, -0.2) is 4.79 Å². The van der Waals surface area contributed by atoms with Crippen LogP contribution in [0.25, 0.3) is 6.08 Å². The zero-order valence-electron chi connectivity index (χ0n) is 16.7. The number of hydrogen-bond donors (Lipinski definition) is 0. The second kappa shape index (κ2) is 8.33. The molecule has 2 aromatic rings. The molecular formula is C22H25NO5. The smallest absolute Gasteiger partial charge is 0.331 e. The van der Waals surface area contributed by atoms with Crippen LogP contribution in [0.4, 0.5) is 0 Å². The van der Waals surface area contributed by atoms with E-state index in [2.05, 4.69) is 18.4 Å². The van der Waals surface area contributed by atoms with Crippen LogP contribution in [0, 0.1) is 13.8 Å². The molecule has 0 saturated heterocycles. The highest BCUT2D eigenvalue weighted by Crippen LogP contribution is 2.31. The van der Waals surface area contributed by atoms with Gasteiger partial charge in [0.25, 0.3) is 0 Å². The molecule has 0 unspecified atom stereocenters. The Labute approximate surface area is 164 Å². The Morgan fingerprint density at radius 3 is 2.54 bits per heavy atom. The number of carbonyl (C=O) groups is 2. The second-order valence-electron chi connectivity index (χ2n) is 7.02. The molecule has 0 radical (unpaired) electrons. The fourth-order valence-corrected chi connectivity index (χ4v) is 3.44. The van der Waals surface area contributed by atoms with E-state index in [-0.39, 0.29) is 18.4 Å². The molecule has 0 fully saturated rings. The van der Waals surface area contributed by atoms with E-state index in [4.69, 9.17) is 14.2 Å². The lowest BCUT2D eigenvalue weighted by atomic mass is 10.1. The first kappa shape index (κ1) is 19.7. The molecule has 1 aromatic carbocycles. The Morgan fingerprint density at radius 2 is 1.86 bits per heavy atom. The van der Waals surface area contributed by atoms with Crippen molar-refractivity contribution >= 4 is 17.8 Å². The summed E-state index contributed by atoms with van der Waals surface area (Å²) in [6.07, 6.45) is 2.92. The molecule has 3 rings (SSSR count). The average molecular weight is 383 g/mol.